The van der Waals surface area contributed by atoms with E-state index in [1.54, 1.807) is 24.3 Å². The third-order valence-corrected chi connectivity index (χ3v) is 3.61. The van der Waals surface area contributed by atoms with Crippen molar-refractivity contribution in [3.05, 3.63) is 57.3 Å². The van der Waals surface area contributed by atoms with Crippen molar-refractivity contribution in [1.82, 2.24) is 5.32 Å². The molecule has 0 amide bonds. The fourth-order valence-electron chi connectivity index (χ4n) is 1.84. The Morgan fingerprint density at radius 2 is 2.00 bits per heavy atom. The second-order valence-electron chi connectivity index (χ2n) is 4.61. The van der Waals surface area contributed by atoms with Gasteiger partial charge in [0.1, 0.15) is 5.75 Å². The number of benzene rings is 2. The van der Waals surface area contributed by atoms with Gasteiger partial charge < -0.3 is 10.1 Å². The third-order valence-electron chi connectivity index (χ3n) is 2.88. The highest BCUT2D eigenvalue weighted by molar-refractivity contribution is 9.10. The summed E-state index contributed by atoms with van der Waals surface area (Å²) in [6.07, 6.45) is 1.05. The predicted octanol–water partition coefficient (Wildman–Crippen LogP) is 5.53. The molecule has 0 heterocycles. The van der Waals surface area contributed by atoms with E-state index in [1.807, 2.05) is 6.07 Å². The van der Waals surface area contributed by atoms with E-state index in [4.69, 9.17) is 16.3 Å². The van der Waals surface area contributed by atoms with Crippen molar-refractivity contribution >= 4 is 27.5 Å². The minimum absolute atomic E-state index is 0.170. The van der Waals surface area contributed by atoms with Crippen LogP contribution < -0.4 is 10.1 Å². The maximum Gasteiger partial charge on any atom is 0.165 e. The normalized spacial score (nSPS) is 10.7. The van der Waals surface area contributed by atoms with Crippen LogP contribution in [0.25, 0.3) is 0 Å². The predicted molar refractivity (Wildman–Crippen MR) is 87.6 cm³/mol. The molecule has 2 nitrogen and oxygen atoms in total. The Balaban J connectivity index is 2.25. The summed E-state index contributed by atoms with van der Waals surface area (Å²) in [5.41, 5.74) is 0.937. The topological polar surface area (TPSA) is 21.3 Å². The maximum atomic E-state index is 13.8. The summed E-state index contributed by atoms with van der Waals surface area (Å²) in [7, 11) is 0. The van der Waals surface area contributed by atoms with Gasteiger partial charge in [0.05, 0.1) is 0 Å². The Kier molecular flexibility index (Phi) is 6.03. The summed E-state index contributed by atoms with van der Waals surface area (Å²) < 4.78 is 20.3. The summed E-state index contributed by atoms with van der Waals surface area (Å²) in [4.78, 5) is 0. The highest BCUT2D eigenvalue weighted by atomic mass is 79.9. The second-order valence-corrected chi connectivity index (χ2v) is 5.96. The summed E-state index contributed by atoms with van der Waals surface area (Å²) in [6.45, 7) is 3.66. The molecule has 0 spiro atoms. The molecule has 0 fully saturated rings. The van der Waals surface area contributed by atoms with Crippen LogP contribution in [0.2, 0.25) is 5.02 Å². The largest absolute Gasteiger partial charge is 0.454 e. The van der Waals surface area contributed by atoms with Crippen molar-refractivity contribution in [3.8, 4) is 11.5 Å². The zero-order valence-corrected chi connectivity index (χ0v) is 14.0. The van der Waals surface area contributed by atoms with E-state index in [1.165, 1.54) is 6.07 Å². The van der Waals surface area contributed by atoms with Crippen molar-refractivity contribution in [3.63, 3.8) is 0 Å². The van der Waals surface area contributed by atoms with E-state index < -0.39 is 5.82 Å². The van der Waals surface area contributed by atoms with Crippen LogP contribution in [0, 0.1) is 5.82 Å². The lowest BCUT2D eigenvalue weighted by Gasteiger charge is -2.13. The Labute approximate surface area is 137 Å². The lowest BCUT2D eigenvalue weighted by molar-refractivity contribution is 0.435. The van der Waals surface area contributed by atoms with E-state index in [2.05, 4.69) is 28.2 Å². The van der Waals surface area contributed by atoms with Crippen LogP contribution in [-0.2, 0) is 6.54 Å². The van der Waals surface area contributed by atoms with Gasteiger partial charge in [-0.2, -0.15) is 0 Å². The first-order chi connectivity index (χ1) is 10.1. The molecule has 2 rings (SSSR count). The fraction of sp³-hybridized carbons (Fsp3) is 0.250. The summed E-state index contributed by atoms with van der Waals surface area (Å²) in [5.74, 6) is 0.317. The van der Waals surface area contributed by atoms with Crippen LogP contribution in [0.4, 0.5) is 4.39 Å². The van der Waals surface area contributed by atoms with Gasteiger partial charge in [0, 0.05) is 21.6 Å². The molecule has 0 saturated carbocycles. The number of hydrogen-bond donors (Lipinski definition) is 1. The standard InChI is InChI=1S/C16H16BrClFNO/c1-2-7-20-10-11-3-5-13(18)9-15(11)21-16-8-12(17)4-6-14(16)19/h3-6,8-9,20H,2,7,10H2,1H3. The Bertz CT molecular complexity index is 621. The molecule has 112 valence electrons. The highest BCUT2D eigenvalue weighted by Gasteiger charge is 2.10. The Morgan fingerprint density at radius 3 is 2.76 bits per heavy atom. The molecule has 0 saturated heterocycles. The van der Waals surface area contributed by atoms with Crippen molar-refractivity contribution < 1.29 is 9.13 Å². The molecule has 0 bridgehead atoms. The zero-order valence-electron chi connectivity index (χ0n) is 11.6. The first-order valence-corrected chi connectivity index (χ1v) is 7.89. The first kappa shape index (κ1) is 16.3. The van der Waals surface area contributed by atoms with Gasteiger partial charge in [-0.25, -0.2) is 4.39 Å². The van der Waals surface area contributed by atoms with Gasteiger partial charge in [-0.1, -0.05) is 40.5 Å². The van der Waals surface area contributed by atoms with Gasteiger partial charge in [0.25, 0.3) is 0 Å². The third kappa shape index (κ3) is 4.70. The van der Waals surface area contributed by atoms with E-state index in [9.17, 15) is 4.39 Å². The van der Waals surface area contributed by atoms with Gasteiger partial charge in [-0.05, 0) is 43.3 Å². The van der Waals surface area contributed by atoms with Gasteiger partial charge in [0.2, 0.25) is 0 Å². The van der Waals surface area contributed by atoms with Crippen molar-refractivity contribution in [2.45, 2.75) is 19.9 Å². The molecule has 0 radical (unpaired) electrons. The fourth-order valence-corrected chi connectivity index (χ4v) is 2.35. The minimum atomic E-state index is -0.411. The number of rotatable bonds is 6. The van der Waals surface area contributed by atoms with Crippen molar-refractivity contribution in [2.75, 3.05) is 6.54 Å². The lowest BCUT2D eigenvalue weighted by Crippen LogP contribution is -2.14. The molecule has 1 N–H and O–H groups in total. The van der Waals surface area contributed by atoms with Gasteiger partial charge in [-0.15, -0.1) is 0 Å². The molecule has 0 unspecified atom stereocenters. The van der Waals surface area contributed by atoms with Crippen LogP contribution in [-0.4, -0.2) is 6.54 Å². The van der Waals surface area contributed by atoms with Gasteiger partial charge >= 0.3 is 0 Å². The van der Waals surface area contributed by atoms with Gasteiger partial charge in [-0.3, -0.25) is 0 Å². The second kappa shape index (κ2) is 7.78. The number of nitrogens with one attached hydrogen (secondary N) is 1. The molecule has 21 heavy (non-hydrogen) atoms. The summed E-state index contributed by atoms with van der Waals surface area (Å²) in [5, 5.41) is 3.85. The summed E-state index contributed by atoms with van der Waals surface area (Å²) in [6, 6.07) is 9.97. The maximum absolute atomic E-state index is 13.8. The average molecular weight is 373 g/mol. The van der Waals surface area contributed by atoms with Crippen LogP contribution >= 0.6 is 27.5 Å². The van der Waals surface area contributed by atoms with Crippen LogP contribution in [0.1, 0.15) is 18.9 Å². The smallest absolute Gasteiger partial charge is 0.165 e. The molecular weight excluding hydrogens is 357 g/mol. The number of hydrogen-bond acceptors (Lipinski definition) is 2. The van der Waals surface area contributed by atoms with E-state index >= 15 is 0 Å². The number of halogens is 3. The molecule has 0 aliphatic rings. The van der Waals surface area contributed by atoms with Crippen molar-refractivity contribution in [2.24, 2.45) is 0 Å². The molecule has 2 aromatic carbocycles. The molecule has 0 aliphatic heterocycles. The first-order valence-electron chi connectivity index (χ1n) is 6.72. The SMILES string of the molecule is CCCNCc1ccc(Cl)cc1Oc1cc(Br)ccc1F. The summed E-state index contributed by atoms with van der Waals surface area (Å²) >= 11 is 9.32. The quantitative estimate of drug-likeness (QED) is 0.673. The molecule has 5 heteroatoms. The van der Waals surface area contributed by atoms with Crippen molar-refractivity contribution in [1.29, 1.82) is 0 Å². The van der Waals surface area contributed by atoms with Gasteiger partial charge in [0.15, 0.2) is 11.6 Å². The van der Waals surface area contributed by atoms with E-state index in [-0.39, 0.29) is 5.75 Å². The van der Waals surface area contributed by atoms with Crippen LogP contribution in [0.5, 0.6) is 11.5 Å². The number of ether oxygens (including phenoxy) is 1. The molecular formula is C16H16BrClFNO. The molecule has 0 atom stereocenters. The molecule has 0 aromatic heterocycles. The monoisotopic (exact) mass is 371 g/mol. The Morgan fingerprint density at radius 1 is 1.19 bits per heavy atom. The minimum Gasteiger partial charge on any atom is -0.454 e. The Hall–Kier alpha value is -1.10. The van der Waals surface area contributed by atoms with Crippen LogP contribution in [0.15, 0.2) is 40.9 Å². The average Bonchev–Trinajstić information content (AvgIpc) is 2.45. The van der Waals surface area contributed by atoms with Crippen LogP contribution in [0.3, 0.4) is 0 Å². The van der Waals surface area contributed by atoms with E-state index in [0.717, 1.165) is 23.0 Å². The molecule has 0 aliphatic carbocycles. The van der Waals surface area contributed by atoms with E-state index in [0.29, 0.717) is 17.3 Å². The lowest BCUT2D eigenvalue weighted by atomic mass is 10.2. The highest BCUT2D eigenvalue weighted by Crippen LogP contribution is 2.31. The zero-order chi connectivity index (χ0) is 15.2. The molecule has 2 aromatic rings.